The van der Waals surface area contributed by atoms with Gasteiger partial charge in [-0.25, -0.2) is 0 Å². The number of nitrogens with zero attached hydrogens (tertiary/aromatic N) is 4. The average molecular weight is 836 g/mol. The van der Waals surface area contributed by atoms with Gasteiger partial charge in [-0.3, -0.25) is 14.3 Å². The van der Waals surface area contributed by atoms with E-state index < -0.39 is 31.6 Å². The third-order valence-electron chi connectivity index (χ3n) is 11.4. The maximum Gasteiger partial charge on any atom is 0.264 e. The molecule has 13 heteroatoms. The number of carbonyl (C=O) groups is 2. The van der Waals surface area contributed by atoms with Crippen LogP contribution < -0.4 is 10.2 Å². The number of nitrogens with one attached hydrogen (secondary N) is 2. The molecule has 2 aromatic heterocycles. The number of aryl methyl sites for hydroxylation is 1. The largest absolute Gasteiger partial charge is 0.395 e. The molecule has 288 valence electrons. The third-order valence-corrected chi connectivity index (χ3v) is 14.4. The summed E-state index contributed by atoms with van der Waals surface area (Å²) in [5.41, 5.74) is 4.50. The van der Waals surface area contributed by atoms with Crippen LogP contribution in [0.15, 0.2) is 114 Å². The minimum atomic E-state index is -3.40. The second kappa shape index (κ2) is 15.2. The molecule has 2 amide bonds. The van der Waals surface area contributed by atoms with Gasteiger partial charge in [-0.05, 0) is 72.6 Å². The van der Waals surface area contributed by atoms with Gasteiger partial charge in [-0.15, -0.1) is 5.10 Å². The Bertz CT molecular complexity index is 2400. The number of aliphatic hydroxyl groups excluding tert-OH is 1. The van der Waals surface area contributed by atoms with Gasteiger partial charge < -0.3 is 29.2 Å². The zero-order valence-electron chi connectivity index (χ0n) is 31.5. The minimum absolute atomic E-state index is 0.115. The van der Waals surface area contributed by atoms with Crippen molar-refractivity contribution in [3.05, 3.63) is 142 Å². The summed E-state index contributed by atoms with van der Waals surface area (Å²) < 4.78 is 26.0. The predicted molar refractivity (Wildman–Crippen MR) is 220 cm³/mol. The van der Waals surface area contributed by atoms with E-state index in [1.165, 1.54) is 0 Å². The number of aromatic nitrogens is 4. The van der Waals surface area contributed by atoms with Crippen molar-refractivity contribution in [2.24, 2.45) is 5.92 Å². The van der Waals surface area contributed by atoms with Crippen molar-refractivity contribution in [1.82, 2.24) is 20.0 Å². The zero-order valence-corrected chi connectivity index (χ0v) is 34.0. The fourth-order valence-corrected chi connectivity index (χ4v) is 11.8. The number of H-pyrrole nitrogens is 1. The zero-order chi connectivity index (χ0) is 39.2. The molecular formula is C43H44BrFN6O4Si. The lowest BCUT2D eigenvalue weighted by Crippen LogP contribution is -2.45. The van der Waals surface area contributed by atoms with Crippen LogP contribution in [0, 0.1) is 5.92 Å². The molecule has 56 heavy (non-hydrogen) atoms. The Hall–Kier alpha value is -4.95. The smallest absolute Gasteiger partial charge is 0.264 e. The molecule has 1 spiro atoms. The number of aromatic amines is 1. The number of amides is 2. The number of carbonyl (C=O) groups excluding carboxylic acids is 2. The number of anilines is 2. The van der Waals surface area contributed by atoms with E-state index in [2.05, 4.69) is 36.5 Å². The van der Waals surface area contributed by atoms with Crippen LogP contribution in [0.1, 0.15) is 47.2 Å². The molecule has 0 saturated carbocycles. The lowest BCUT2D eigenvalue weighted by Gasteiger charge is -2.31. The average Bonchev–Trinajstić information content (AvgIpc) is 3.93. The van der Waals surface area contributed by atoms with Crippen LogP contribution in [0.25, 0.3) is 10.9 Å². The van der Waals surface area contributed by atoms with Crippen molar-refractivity contribution in [3.63, 3.8) is 0 Å². The fraction of sp³-hybridized carbons (Fsp3) is 0.302. The molecule has 6 aromatic rings. The number of hydrogen-bond donors (Lipinski definition) is 3. The molecule has 0 aliphatic carbocycles. The summed E-state index contributed by atoms with van der Waals surface area (Å²) in [6.45, 7) is 5.86. The number of benzene rings is 4. The maximum absolute atomic E-state index is 16.5. The van der Waals surface area contributed by atoms with E-state index in [9.17, 15) is 14.7 Å². The number of hydrogen-bond acceptors (Lipinski definition) is 6. The molecule has 4 aromatic carbocycles. The topological polar surface area (TPSA) is 125 Å². The van der Waals surface area contributed by atoms with Gasteiger partial charge in [0.05, 0.1) is 43.0 Å². The molecule has 10 nitrogen and oxygen atoms in total. The lowest BCUT2D eigenvalue weighted by atomic mass is 9.82. The molecule has 1 unspecified atom stereocenters. The van der Waals surface area contributed by atoms with Crippen LogP contribution in [-0.4, -0.2) is 58.0 Å². The first-order valence-corrected chi connectivity index (χ1v) is 22.7. The second-order valence-electron chi connectivity index (χ2n) is 15.4. The summed E-state index contributed by atoms with van der Waals surface area (Å²) >= 11 is 3.63. The maximum atomic E-state index is 16.5. The molecule has 1 fully saturated rings. The van der Waals surface area contributed by atoms with E-state index in [4.69, 9.17) is 4.74 Å². The van der Waals surface area contributed by atoms with Crippen LogP contribution in [-0.2, 0) is 39.4 Å². The summed E-state index contributed by atoms with van der Waals surface area (Å²) in [5, 5.41) is 22.9. The van der Waals surface area contributed by atoms with Crippen molar-refractivity contribution in [2.75, 3.05) is 16.8 Å². The molecule has 4 heterocycles. The number of para-hydroxylation sites is 1. The molecule has 0 radical (unpaired) electrons. The Morgan fingerprint density at radius 3 is 2.64 bits per heavy atom. The highest BCUT2D eigenvalue weighted by Crippen LogP contribution is 2.60. The molecule has 2 aliphatic heterocycles. The van der Waals surface area contributed by atoms with Crippen molar-refractivity contribution in [1.29, 1.82) is 0 Å². The van der Waals surface area contributed by atoms with E-state index in [-0.39, 0.29) is 37.3 Å². The van der Waals surface area contributed by atoms with Crippen LogP contribution in [0.2, 0.25) is 18.6 Å². The quantitative estimate of drug-likeness (QED) is 0.0843. The molecule has 2 aliphatic rings. The van der Waals surface area contributed by atoms with Crippen molar-refractivity contribution in [2.45, 2.75) is 69.1 Å². The Labute approximate surface area is 334 Å². The third kappa shape index (κ3) is 7.01. The second-order valence-corrected chi connectivity index (χ2v) is 20.2. The summed E-state index contributed by atoms with van der Waals surface area (Å²) in [4.78, 5) is 33.1. The van der Waals surface area contributed by atoms with Gasteiger partial charge in [0.25, 0.3) is 5.91 Å². The Morgan fingerprint density at radius 2 is 1.86 bits per heavy atom. The summed E-state index contributed by atoms with van der Waals surface area (Å²) in [7, 11) is -3.40. The van der Waals surface area contributed by atoms with Crippen molar-refractivity contribution < 1.29 is 23.5 Å². The van der Waals surface area contributed by atoms with Crippen LogP contribution >= 0.6 is 15.9 Å². The standard InChI is InChI=1S/C43H44BrFN6O4Si/c1-27-41(56(2,3)45)39(18-19-50-25-37(48-49-50)34(26-52)29-11-5-4-6-12-29)55-43(27)35-22-31(44)16-17-38(35)51(42(43)54)24-28-10-9-13-32(20-28)47-40(53)21-30-23-46-36-15-8-7-14-33(30)36/h4-17,20,22-23,25,27,34,39,41,46,52H,18-19,21,24,26H2,1-3H3,(H,47,53)/t27-,34?,39+,41-,43+/m1/s1. The van der Waals surface area contributed by atoms with Gasteiger partial charge in [0.2, 0.25) is 14.3 Å². The van der Waals surface area contributed by atoms with Gasteiger partial charge in [-0.2, -0.15) is 0 Å². The fourth-order valence-electron chi connectivity index (χ4n) is 8.93. The summed E-state index contributed by atoms with van der Waals surface area (Å²) in [6, 6.07) is 30.8. The minimum Gasteiger partial charge on any atom is -0.395 e. The van der Waals surface area contributed by atoms with E-state index in [0.29, 0.717) is 30.0 Å². The molecule has 5 atom stereocenters. The lowest BCUT2D eigenvalue weighted by molar-refractivity contribution is -0.146. The molecule has 3 N–H and O–H groups in total. The van der Waals surface area contributed by atoms with E-state index in [0.717, 1.165) is 37.6 Å². The van der Waals surface area contributed by atoms with Crippen molar-refractivity contribution in [3.8, 4) is 0 Å². The monoisotopic (exact) mass is 834 g/mol. The van der Waals surface area contributed by atoms with Crippen LogP contribution in [0.4, 0.5) is 15.5 Å². The highest BCUT2D eigenvalue weighted by molar-refractivity contribution is 9.10. The Morgan fingerprint density at radius 1 is 1.07 bits per heavy atom. The van der Waals surface area contributed by atoms with Gasteiger partial charge in [0.15, 0.2) is 5.60 Å². The first-order chi connectivity index (χ1) is 27.0. The Kier molecular flexibility index (Phi) is 10.3. The SMILES string of the molecule is C[C@@H]1[C@@H]([Si](C)(C)F)[C@H](CCn2cc(C(CO)c3ccccc3)nn2)O[C@@]12C(=O)N(Cc1cccc(NC(=O)Cc3c[nH]c4ccccc34)c1)c1ccc(Br)cc12. The van der Waals surface area contributed by atoms with E-state index >= 15 is 4.11 Å². The highest BCUT2D eigenvalue weighted by Gasteiger charge is 2.66. The van der Waals surface area contributed by atoms with E-state index in [1.807, 2.05) is 116 Å². The number of ether oxygens (including phenoxy) is 1. The van der Waals surface area contributed by atoms with Crippen molar-refractivity contribution >= 4 is 58.4 Å². The van der Waals surface area contributed by atoms with E-state index in [1.54, 1.807) is 22.7 Å². The normalized spacial score (nSPS) is 21.2. The number of aliphatic hydroxyl groups is 1. The molecular weight excluding hydrogens is 791 g/mol. The molecule has 1 saturated heterocycles. The first-order valence-electron chi connectivity index (χ1n) is 18.9. The number of halogens is 2. The predicted octanol–water partition coefficient (Wildman–Crippen LogP) is 8.24. The van der Waals surface area contributed by atoms with Gasteiger partial charge in [-0.1, -0.05) is 88.7 Å². The van der Waals surface area contributed by atoms with Crippen LogP contribution in [0.5, 0.6) is 0 Å². The van der Waals surface area contributed by atoms with Gasteiger partial charge in [0.1, 0.15) is 0 Å². The first kappa shape index (κ1) is 37.9. The van der Waals surface area contributed by atoms with Gasteiger partial charge >= 0.3 is 0 Å². The molecule has 8 rings (SSSR count). The summed E-state index contributed by atoms with van der Waals surface area (Å²) in [6.07, 6.45) is 3.77. The number of rotatable bonds is 12. The number of fused-ring (bicyclic) bond motifs is 3. The highest BCUT2D eigenvalue weighted by atomic mass is 79.9. The summed E-state index contributed by atoms with van der Waals surface area (Å²) in [5.74, 6) is -1.15. The molecule has 0 bridgehead atoms. The Balaban J connectivity index is 1.03. The van der Waals surface area contributed by atoms with Crippen LogP contribution in [0.3, 0.4) is 0 Å². The van der Waals surface area contributed by atoms with Gasteiger partial charge in [0, 0.05) is 57.0 Å².